The van der Waals surface area contributed by atoms with Gasteiger partial charge in [-0.25, -0.2) is 4.98 Å². The Bertz CT molecular complexity index is 1210. The summed E-state index contributed by atoms with van der Waals surface area (Å²) >= 11 is 4.58. The maximum absolute atomic E-state index is 13.6. The summed E-state index contributed by atoms with van der Waals surface area (Å²) in [7, 11) is 1.33. The maximum atomic E-state index is 13.6. The minimum Gasteiger partial charge on any atom is -0.507 e. The van der Waals surface area contributed by atoms with Crippen molar-refractivity contribution in [1.82, 2.24) is 4.98 Å². The molecule has 0 aliphatic carbocycles. The molecule has 4 rings (SSSR count). The quantitative estimate of drug-likeness (QED) is 0.394. The number of phenolic OH excluding ortho intramolecular Hbond substituents is 1. The Morgan fingerprint density at radius 1 is 1.19 bits per heavy atom. The molecule has 0 spiro atoms. The first-order chi connectivity index (χ1) is 14.9. The summed E-state index contributed by atoms with van der Waals surface area (Å²) < 4.78 is 5.50. The number of allylic oxidation sites excluding steroid dienone is 1. The third-order valence-electron chi connectivity index (χ3n) is 4.85. The van der Waals surface area contributed by atoms with Crippen LogP contribution in [0.4, 0.5) is 0 Å². The average Bonchev–Trinajstić information content (AvgIpc) is 3.44. The Morgan fingerprint density at radius 2 is 1.97 bits per heavy atom. The van der Waals surface area contributed by atoms with Crippen LogP contribution in [0.25, 0.3) is 11.3 Å². The normalized spacial score (nSPS) is 17.1. The van der Waals surface area contributed by atoms with E-state index in [1.165, 1.54) is 30.7 Å². The van der Waals surface area contributed by atoms with Crippen molar-refractivity contribution in [3.63, 3.8) is 0 Å². The van der Waals surface area contributed by atoms with Crippen LogP contribution in [0.3, 0.4) is 0 Å². The molecular weight excluding hydrogens is 480 g/mol. The molecule has 1 atom stereocenters. The number of nitrogens with zero attached hydrogens (tertiary/aromatic N) is 2. The Labute approximate surface area is 191 Å². The number of Topliss-reactive ketones (excluding diaryl/α,β-unsaturated/α-hetero) is 1. The fraction of sp³-hybridized carbons (Fsp3) is 0.130. The second kappa shape index (κ2) is 8.56. The molecule has 156 valence electrons. The van der Waals surface area contributed by atoms with Crippen LogP contribution in [0.2, 0.25) is 0 Å². The second-order valence-electron chi connectivity index (χ2n) is 6.80. The average molecular weight is 497 g/mol. The molecule has 1 unspecified atom stereocenters. The summed E-state index contributed by atoms with van der Waals surface area (Å²) in [4.78, 5) is 35.5. The Hall–Kier alpha value is -3.10. The Morgan fingerprint density at radius 3 is 2.65 bits per heavy atom. The molecule has 1 aromatic heterocycles. The molecule has 0 fully saturated rings. The molecule has 1 N–H and O–H groups in total. The van der Waals surface area contributed by atoms with Crippen molar-refractivity contribution in [2.24, 2.45) is 4.99 Å². The van der Waals surface area contributed by atoms with Gasteiger partial charge in [0.25, 0.3) is 0 Å². The van der Waals surface area contributed by atoms with E-state index in [-0.39, 0.29) is 17.7 Å². The molecule has 1 aliphatic heterocycles. The van der Waals surface area contributed by atoms with Crippen LogP contribution in [0.15, 0.2) is 70.1 Å². The lowest BCUT2D eigenvalue weighted by Gasteiger charge is -2.21. The number of thiazole rings is 1. The van der Waals surface area contributed by atoms with Gasteiger partial charge in [-0.1, -0.05) is 46.3 Å². The highest BCUT2D eigenvalue weighted by Gasteiger charge is 2.44. The first kappa shape index (κ1) is 21.1. The molecule has 31 heavy (non-hydrogen) atoms. The van der Waals surface area contributed by atoms with E-state index < -0.39 is 17.3 Å². The van der Waals surface area contributed by atoms with Gasteiger partial charge in [-0.15, -0.1) is 11.3 Å². The van der Waals surface area contributed by atoms with Crippen LogP contribution in [-0.4, -0.2) is 35.2 Å². The molecule has 0 saturated carbocycles. The third-order valence-corrected chi connectivity index (χ3v) is 6.53. The van der Waals surface area contributed by atoms with E-state index in [4.69, 9.17) is 9.72 Å². The van der Waals surface area contributed by atoms with Crippen molar-refractivity contribution < 1.29 is 19.4 Å². The molecule has 0 bridgehead atoms. The van der Waals surface area contributed by atoms with E-state index >= 15 is 0 Å². The van der Waals surface area contributed by atoms with Gasteiger partial charge in [-0.2, -0.15) is 0 Å². The minimum absolute atomic E-state index is 0.0260. The molecule has 0 amide bonds. The fourth-order valence-corrected chi connectivity index (χ4v) is 4.85. The fourth-order valence-electron chi connectivity index (χ4n) is 3.30. The number of aromatic nitrogens is 1. The highest BCUT2D eigenvalue weighted by atomic mass is 79.9. The van der Waals surface area contributed by atoms with Gasteiger partial charge in [0.1, 0.15) is 10.8 Å². The van der Waals surface area contributed by atoms with Crippen LogP contribution >= 0.6 is 27.3 Å². The van der Waals surface area contributed by atoms with Gasteiger partial charge in [0.2, 0.25) is 5.78 Å². The molecule has 2 aromatic carbocycles. The van der Waals surface area contributed by atoms with Gasteiger partial charge in [0, 0.05) is 21.1 Å². The van der Waals surface area contributed by atoms with Gasteiger partial charge in [-0.3, -0.25) is 14.6 Å². The number of methoxy groups -OCH3 is 1. The molecule has 0 saturated heterocycles. The summed E-state index contributed by atoms with van der Waals surface area (Å²) in [6, 6.07) is 14.1. The topological polar surface area (TPSA) is 88.9 Å². The number of hydrogen-bond acceptors (Lipinski definition) is 7. The van der Waals surface area contributed by atoms with Gasteiger partial charge in [0.05, 0.1) is 24.8 Å². The van der Waals surface area contributed by atoms with E-state index in [0.717, 1.165) is 5.56 Å². The van der Waals surface area contributed by atoms with Gasteiger partial charge < -0.3 is 9.84 Å². The number of aromatic hydroxyl groups is 1. The summed E-state index contributed by atoms with van der Waals surface area (Å²) in [5.74, 6) is -0.949. The standard InChI is InChI=1S/C23H17BrN2O4S/c1-30-19(28)13-18-20(14-6-3-2-4-7-14)26-22(31-18)23(10-5-11-25-23)21(29)16-12-15(24)8-9-17(16)27/h2-12,27H,13H2,1H3. The monoisotopic (exact) mass is 496 g/mol. The molecule has 2 heterocycles. The number of carbonyl (C=O) groups excluding carboxylic acids is 2. The van der Waals surface area contributed by atoms with E-state index in [1.807, 2.05) is 30.3 Å². The molecule has 1 aliphatic rings. The second-order valence-corrected chi connectivity index (χ2v) is 8.80. The lowest BCUT2D eigenvalue weighted by atomic mass is 9.90. The van der Waals surface area contributed by atoms with E-state index in [9.17, 15) is 14.7 Å². The third kappa shape index (κ3) is 3.96. The van der Waals surface area contributed by atoms with Crippen LogP contribution in [-0.2, 0) is 21.5 Å². The predicted octanol–water partition coefficient (Wildman–Crippen LogP) is 4.71. The molecule has 6 nitrogen and oxygen atoms in total. The zero-order chi connectivity index (χ0) is 22.0. The van der Waals surface area contributed by atoms with Gasteiger partial charge in [-0.05, 0) is 30.4 Å². The van der Waals surface area contributed by atoms with Crippen molar-refractivity contribution in [3.05, 3.63) is 80.6 Å². The zero-order valence-corrected chi connectivity index (χ0v) is 18.8. The number of phenols is 1. The molecule has 8 heteroatoms. The summed E-state index contributed by atoms with van der Waals surface area (Å²) in [6.07, 6.45) is 4.90. The number of aliphatic imine (C=N–C) groups is 1. The number of benzene rings is 2. The zero-order valence-electron chi connectivity index (χ0n) is 16.4. The number of hydrogen-bond donors (Lipinski definition) is 1. The van der Waals surface area contributed by atoms with Crippen molar-refractivity contribution >= 4 is 45.2 Å². The number of esters is 1. The van der Waals surface area contributed by atoms with Crippen molar-refractivity contribution in [1.29, 1.82) is 0 Å². The summed E-state index contributed by atoms with van der Waals surface area (Å²) in [5, 5.41) is 10.7. The first-order valence-electron chi connectivity index (χ1n) is 9.33. The summed E-state index contributed by atoms with van der Waals surface area (Å²) in [6.45, 7) is 0. The number of halogens is 1. The Balaban J connectivity index is 1.87. The van der Waals surface area contributed by atoms with E-state index in [0.29, 0.717) is 20.1 Å². The highest BCUT2D eigenvalue weighted by Crippen LogP contribution is 2.42. The lowest BCUT2D eigenvalue weighted by molar-refractivity contribution is -0.139. The van der Waals surface area contributed by atoms with Crippen molar-refractivity contribution in [2.75, 3.05) is 7.11 Å². The predicted molar refractivity (Wildman–Crippen MR) is 123 cm³/mol. The number of rotatable bonds is 6. The van der Waals surface area contributed by atoms with Gasteiger partial charge >= 0.3 is 5.97 Å². The SMILES string of the molecule is COC(=O)Cc1sc(C2(C(=O)c3cc(Br)ccc3O)C=CC=N2)nc1-c1ccccc1. The largest absolute Gasteiger partial charge is 0.507 e. The van der Waals surface area contributed by atoms with Crippen LogP contribution < -0.4 is 0 Å². The maximum Gasteiger partial charge on any atom is 0.310 e. The van der Waals surface area contributed by atoms with Crippen LogP contribution in [0, 0.1) is 0 Å². The first-order valence-corrected chi connectivity index (χ1v) is 10.9. The van der Waals surface area contributed by atoms with Crippen molar-refractivity contribution in [3.8, 4) is 17.0 Å². The number of ketones is 1. The smallest absolute Gasteiger partial charge is 0.310 e. The number of ether oxygens (including phenoxy) is 1. The number of carbonyl (C=O) groups is 2. The Kier molecular flexibility index (Phi) is 5.84. The highest BCUT2D eigenvalue weighted by molar-refractivity contribution is 9.10. The van der Waals surface area contributed by atoms with Crippen molar-refractivity contribution in [2.45, 2.75) is 12.0 Å². The molecule has 0 radical (unpaired) electrons. The van der Waals surface area contributed by atoms with E-state index in [1.54, 1.807) is 24.3 Å². The molecule has 3 aromatic rings. The minimum atomic E-state index is -1.42. The van der Waals surface area contributed by atoms with Crippen LogP contribution in [0.1, 0.15) is 20.2 Å². The van der Waals surface area contributed by atoms with Crippen LogP contribution in [0.5, 0.6) is 5.75 Å². The van der Waals surface area contributed by atoms with Gasteiger partial charge in [0.15, 0.2) is 5.54 Å². The summed E-state index contributed by atoms with van der Waals surface area (Å²) in [5.41, 5.74) is 0.139. The lowest BCUT2D eigenvalue weighted by Crippen LogP contribution is -2.30. The van der Waals surface area contributed by atoms with E-state index in [2.05, 4.69) is 20.9 Å². The molecular formula is C23H17BrN2O4S.